The van der Waals surface area contributed by atoms with Gasteiger partial charge < -0.3 is 4.74 Å². The summed E-state index contributed by atoms with van der Waals surface area (Å²) in [7, 11) is -2.25. The number of primary sulfonamides is 1. The molecule has 1 aromatic carbocycles. The third-order valence-corrected chi connectivity index (χ3v) is 5.59. The number of thiazole rings is 1. The highest BCUT2D eigenvalue weighted by atomic mass is 32.2. The summed E-state index contributed by atoms with van der Waals surface area (Å²) in [5, 5.41) is 15.7. The zero-order chi connectivity index (χ0) is 16.6. The van der Waals surface area contributed by atoms with Crippen LogP contribution in [-0.2, 0) is 10.0 Å². The van der Waals surface area contributed by atoms with Gasteiger partial charge in [-0.2, -0.15) is 4.37 Å². The Hall–Kier alpha value is -1.95. The number of methoxy groups -OCH3 is 1. The van der Waals surface area contributed by atoms with Crippen LogP contribution in [0, 0.1) is 6.92 Å². The van der Waals surface area contributed by atoms with Gasteiger partial charge in [-0.15, -0.1) is 10.2 Å². The Bertz CT molecular complexity index is 1010. The summed E-state index contributed by atoms with van der Waals surface area (Å²) >= 11 is 2.40. The predicted molar refractivity (Wildman–Crippen MR) is 88.6 cm³/mol. The normalized spacial score (nSPS) is 12.3. The zero-order valence-electron chi connectivity index (χ0n) is 12.0. The largest absolute Gasteiger partial charge is 0.473 e. The SMILES string of the molecule is COc1nc(C)c(/N=N/c2snc3ccc(S(N)(=O)=O)cc23)s1. The van der Waals surface area contributed by atoms with Crippen LogP contribution in [0.2, 0.25) is 0 Å². The van der Waals surface area contributed by atoms with E-state index in [0.717, 1.165) is 11.5 Å². The molecular weight excluding hydrogens is 358 g/mol. The molecule has 0 atom stereocenters. The van der Waals surface area contributed by atoms with E-state index in [1.165, 1.54) is 30.6 Å². The Labute approximate surface area is 139 Å². The number of hydrogen-bond acceptors (Lipinski definition) is 9. The molecule has 0 saturated heterocycles. The van der Waals surface area contributed by atoms with Crippen molar-refractivity contribution in [2.75, 3.05) is 7.11 Å². The molecule has 0 radical (unpaired) electrons. The summed E-state index contributed by atoms with van der Waals surface area (Å²) in [6.07, 6.45) is 0. The van der Waals surface area contributed by atoms with Gasteiger partial charge in [-0.05, 0) is 36.7 Å². The number of nitrogens with zero attached hydrogens (tertiary/aromatic N) is 4. The minimum Gasteiger partial charge on any atom is -0.473 e. The number of nitrogens with two attached hydrogens (primary N) is 1. The second-order valence-electron chi connectivity index (χ2n) is 4.49. The fourth-order valence-corrected chi connectivity index (χ4v) is 3.72. The minimum absolute atomic E-state index is 0.0114. The molecule has 0 unspecified atom stereocenters. The van der Waals surface area contributed by atoms with Gasteiger partial charge in [-0.3, -0.25) is 0 Å². The molecular formula is C12H11N5O3S3. The first-order chi connectivity index (χ1) is 10.9. The van der Waals surface area contributed by atoms with Gasteiger partial charge >= 0.3 is 0 Å². The van der Waals surface area contributed by atoms with Crippen molar-refractivity contribution >= 4 is 53.8 Å². The summed E-state index contributed by atoms with van der Waals surface area (Å²) in [6, 6.07) is 4.45. The summed E-state index contributed by atoms with van der Waals surface area (Å²) in [6.45, 7) is 1.80. The van der Waals surface area contributed by atoms with E-state index < -0.39 is 10.0 Å². The lowest BCUT2D eigenvalue weighted by molar-refractivity contribution is 0.411. The fraction of sp³-hybridized carbons (Fsp3) is 0.167. The smallest absolute Gasteiger partial charge is 0.275 e. The lowest BCUT2D eigenvalue weighted by atomic mass is 10.2. The van der Waals surface area contributed by atoms with Gasteiger partial charge in [0.05, 0.1) is 23.2 Å². The van der Waals surface area contributed by atoms with E-state index in [1.54, 1.807) is 13.0 Å². The molecule has 0 saturated carbocycles. The molecule has 120 valence electrons. The van der Waals surface area contributed by atoms with E-state index in [2.05, 4.69) is 19.6 Å². The lowest BCUT2D eigenvalue weighted by Crippen LogP contribution is -2.11. The number of sulfonamides is 1. The van der Waals surface area contributed by atoms with Crippen molar-refractivity contribution in [2.45, 2.75) is 11.8 Å². The van der Waals surface area contributed by atoms with Crippen LogP contribution in [0.25, 0.3) is 10.9 Å². The van der Waals surface area contributed by atoms with Crippen molar-refractivity contribution in [3.8, 4) is 5.19 Å². The highest BCUT2D eigenvalue weighted by Crippen LogP contribution is 2.36. The Morgan fingerprint density at radius 1 is 1.26 bits per heavy atom. The Morgan fingerprint density at radius 3 is 2.65 bits per heavy atom. The number of benzene rings is 1. The van der Waals surface area contributed by atoms with Gasteiger partial charge in [0.15, 0.2) is 10.0 Å². The predicted octanol–water partition coefficient (Wildman–Crippen LogP) is 3.13. The molecule has 8 nitrogen and oxygen atoms in total. The van der Waals surface area contributed by atoms with E-state index >= 15 is 0 Å². The van der Waals surface area contributed by atoms with E-state index in [9.17, 15) is 8.42 Å². The quantitative estimate of drug-likeness (QED) is 0.708. The number of aryl methyl sites for hydroxylation is 1. The van der Waals surface area contributed by atoms with Crippen LogP contribution < -0.4 is 9.88 Å². The monoisotopic (exact) mass is 369 g/mol. The van der Waals surface area contributed by atoms with Gasteiger partial charge in [-0.1, -0.05) is 11.3 Å². The zero-order valence-corrected chi connectivity index (χ0v) is 14.5. The number of fused-ring (bicyclic) bond motifs is 1. The van der Waals surface area contributed by atoms with Crippen LogP contribution in [0.1, 0.15) is 5.69 Å². The molecule has 0 amide bonds. The summed E-state index contributed by atoms with van der Waals surface area (Å²) in [5.74, 6) is 0. The summed E-state index contributed by atoms with van der Waals surface area (Å²) in [4.78, 5) is 4.18. The maximum absolute atomic E-state index is 11.5. The van der Waals surface area contributed by atoms with E-state index in [4.69, 9.17) is 9.88 Å². The second kappa shape index (κ2) is 5.92. The van der Waals surface area contributed by atoms with E-state index in [0.29, 0.717) is 31.8 Å². The first kappa shape index (κ1) is 15.9. The molecule has 11 heteroatoms. The third kappa shape index (κ3) is 3.22. The molecule has 2 aromatic heterocycles. The van der Waals surface area contributed by atoms with Crippen molar-refractivity contribution in [3.63, 3.8) is 0 Å². The van der Waals surface area contributed by atoms with Crippen molar-refractivity contribution < 1.29 is 13.2 Å². The fourth-order valence-electron chi connectivity index (χ4n) is 1.79. The average Bonchev–Trinajstić information content (AvgIpc) is 3.07. The average molecular weight is 369 g/mol. The van der Waals surface area contributed by atoms with Crippen LogP contribution >= 0.6 is 22.9 Å². The van der Waals surface area contributed by atoms with Crippen LogP contribution in [0.3, 0.4) is 0 Å². The van der Waals surface area contributed by atoms with Crippen molar-refractivity contribution in [3.05, 3.63) is 23.9 Å². The van der Waals surface area contributed by atoms with E-state index in [-0.39, 0.29) is 4.90 Å². The number of ether oxygens (including phenoxy) is 1. The number of aromatic nitrogens is 2. The first-order valence-electron chi connectivity index (χ1n) is 6.24. The van der Waals surface area contributed by atoms with Gasteiger partial charge in [0.1, 0.15) is 0 Å². The standard InChI is InChI=1S/C12H11N5O3S3/c1-6-10(21-12(14-6)20-2)15-16-11-8-5-7(23(13,18)19)3-4-9(8)17-22-11/h3-5H,1-2H3,(H2,13,18,19)/b16-15+. The molecule has 0 bridgehead atoms. The maximum atomic E-state index is 11.5. The van der Waals surface area contributed by atoms with Gasteiger partial charge in [0.2, 0.25) is 10.0 Å². The van der Waals surface area contributed by atoms with Gasteiger partial charge in [-0.25, -0.2) is 18.5 Å². The molecule has 0 spiro atoms. The molecule has 0 fully saturated rings. The van der Waals surface area contributed by atoms with Crippen LogP contribution in [0.5, 0.6) is 5.19 Å². The molecule has 0 aliphatic carbocycles. The van der Waals surface area contributed by atoms with E-state index in [1.807, 2.05) is 0 Å². The summed E-state index contributed by atoms with van der Waals surface area (Å²) in [5.41, 5.74) is 1.34. The Balaban J connectivity index is 2.02. The lowest BCUT2D eigenvalue weighted by Gasteiger charge is -1.97. The first-order valence-corrected chi connectivity index (χ1v) is 9.37. The molecule has 0 aliphatic rings. The maximum Gasteiger partial charge on any atom is 0.275 e. The molecule has 2 N–H and O–H groups in total. The van der Waals surface area contributed by atoms with Crippen molar-refractivity contribution in [1.29, 1.82) is 0 Å². The molecule has 3 rings (SSSR count). The Morgan fingerprint density at radius 2 is 2.00 bits per heavy atom. The van der Waals surface area contributed by atoms with Crippen molar-refractivity contribution in [1.82, 2.24) is 9.36 Å². The van der Waals surface area contributed by atoms with Crippen LogP contribution in [-0.4, -0.2) is 24.9 Å². The second-order valence-corrected chi connectivity index (χ2v) is 7.74. The molecule has 3 aromatic rings. The Kier molecular flexibility index (Phi) is 4.10. The molecule has 23 heavy (non-hydrogen) atoms. The minimum atomic E-state index is -3.78. The van der Waals surface area contributed by atoms with Gasteiger partial charge in [0, 0.05) is 5.39 Å². The van der Waals surface area contributed by atoms with Gasteiger partial charge in [0.25, 0.3) is 5.19 Å². The number of hydrogen-bond donors (Lipinski definition) is 1. The van der Waals surface area contributed by atoms with Crippen LogP contribution in [0.4, 0.5) is 10.0 Å². The van der Waals surface area contributed by atoms with Crippen molar-refractivity contribution in [2.24, 2.45) is 15.4 Å². The molecule has 0 aliphatic heterocycles. The highest BCUT2D eigenvalue weighted by Gasteiger charge is 2.13. The van der Waals surface area contributed by atoms with Crippen LogP contribution in [0.15, 0.2) is 33.3 Å². The topological polar surface area (TPSA) is 120 Å². The third-order valence-electron chi connectivity index (χ3n) is 2.92. The summed E-state index contributed by atoms with van der Waals surface area (Å²) < 4.78 is 32.2. The number of rotatable bonds is 4. The molecule has 2 heterocycles. The number of azo groups is 1. The highest BCUT2D eigenvalue weighted by molar-refractivity contribution is 7.89.